The zero-order chi connectivity index (χ0) is 6.95. The maximum Gasteiger partial charge on any atom is -0.0162 e. The van der Waals surface area contributed by atoms with Gasteiger partial charge < -0.3 is 0 Å². The van der Waals surface area contributed by atoms with Crippen molar-refractivity contribution in [1.82, 2.24) is 0 Å². The first kappa shape index (κ1) is 8.04. The molecule has 0 rings (SSSR count). The Morgan fingerprint density at radius 2 is 2.22 bits per heavy atom. The van der Waals surface area contributed by atoms with Gasteiger partial charge in [0.2, 0.25) is 0 Å². The third-order valence-electron chi connectivity index (χ3n) is 0.993. The van der Waals surface area contributed by atoms with Gasteiger partial charge in [-0.3, -0.25) is 0 Å². The lowest BCUT2D eigenvalue weighted by Crippen LogP contribution is -1.66. The topological polar surface area (TPSA) is 0 Å². The Morgan fingerprint density at radius 3 is 2.78 bits per heavy atom. The van der Waals surface area contributed by atoms with Gasteiger partial charge in [-0.2, -0.15) is 0 Å². The first-order valence-electron chi connectivity index (χ1n) is 3.14. The van der Waals surface area contributed by atoms with Crippen molar-refractivity contribution >= 4 is 0 Å². The van der Waals surface area contributed by atoms with Gasteiger partial charge in [-0.05, 0) is 25.3 Å². The van der Waals surface area contributed by atoms with Crippen LogP contribution in [0.3, 0.4) is 0 Å². The van der Waals surface area contributed by atoms with Crippen molar-refractivity contribution < 1.29 is 0 Å². The maximum atomic E-state index is 4.99. The van der Waals surface area contributed by atoms with Crippen LogP contribution in [0.5, 0.6) is 0 Å². The molecule has 0 aliphatic carbocycles. The lowest BCUT2D eigenvalue weighted by Gasteiger charge is -1.85. The van der Waals surface area contributed by atoms with Crippen molar-refractivity contribution in [2.45, 2.75) is 19.3 Å². The fourth-order valence-electron chi connectivity index (χ4n) is 0.531. The van der Waals surface area contributed by atoms with E-state index < -0.39 is 0 Å². The van der Waals surface area contributed by atoms with Gasteiger partial charge in [0.1, 0.15) is 0 Å². The smallest absolute Gasteiger partial charge is 0.0162 e. The Hall–Kier alpha value is -0.960. The molecule has 0 aliphatic rings. The normalized spacial score (nSPS) is 9.22. The standard InChI is InChI=1S/C9H12/c1-3-5-7-9-8-6-4-2/h1,4-5,7H,2,6,8-9H2/b7-5+. The maximum absolute atomic E-state index is 4.99. The van der Waals surface area contributed by atoms with Gasteiger partial charge >= 0.3 is 0 Å². The molecule has 0 saturated heterocycles. The fraction of sp³-hybridized carbons (Fsp3) is 0.333. The summed E-state index contributed by atoms with van der Waals surface area (Å²) in [6.45, 7) is 3.61. The van der Waals surface area contributed by atoms with E-state index in [9.17, 15) is 0 Å². The van der Waals surface area contributed by atoms with E-state index in [0.29, 0.717) is 0 Å². The molecule has 0 aromatic heterocycles. The number of hydrogen-bond acceptors (Lipinski definition) is 0. The van der Waals surface area contributed by atoms with Gasteiger partial charge in [0.25, 0.3) is 0 Å². The van der Waals surface area contributed by atoms with Crippen LogP contribution in [0.1, 0.15) is 19.3 Å². The van der Waals surface area contributed by atoms with Crippen LogP contribution in [0, 0.1) is 12.3 Å². The molecule has 0 heterocycles. The summed E-state index contributed by atoms with van der Waals surface area (Å²) in [7, 11) is 0. The highest BCUT2D eigenvalue weighted by Crippen LogP contribution is 1.95. The Kier molecular flexibility index (Phi) is 6.29. The van der Waals surface area contributed by atoms with Crippen LogP contribution in [0.25, 0.3) is 0 Å². The minimum absolute atomic E-state index is 1.07. The van der Waals surface area contributed by atoms with Crippen molar-refractivity contribution in [3.8, 4) is 12.3 Å². The average Bonchev–Trinajstić information content (AvgIpc) is 1.89. The molecule has 0 bridgehead atoms. The summed E-state index contributed by atoms with van der Waals surface area (Å²) in [4.78, 5) is 0. The van der Waals surface area contributed by atoms with E-state index >= 15 is 0 Å². The van der Waals surface area contributed by atoms with Crippen LogP contribution >= 0.6 is 0 Å². The Balaban J connectivity index is 3.01. The molecule has 0 heteroatoms. The third kappa shape index (κ3) is 7.04. The summed E-state index contributed by atoms with van der Waals surface area (Å²) in [6.07, 6.45) is 13.9. The summed E-state index contributed by atoms with van der Waals surface area (Å²) in [5, 5.41) is 0. The first-order chi connectivity index (χ1) is 4.41. The van der Waals surface area contributed by atoms with Crippen LogP contribution in [0.4, 0.5) is 0 Å². The van der Waals surface area contributed by atoms with E-state index in [4.69, 9.17) is 6.42 Å². The minimum atomic E-state index is 1.07. The van der Waals surface area contributed by atoms with Crippen LogP contribution < -0.4 is 0 Å². The van der Waals surface area contributed by atoms with Crippen LogP contribution in [0.2, 0.25) is 0 Å². The zero-order valence-corrected chi connectivity index (χ0v) is 5.64. The molecule has 0 unspecified atom stereocenters. The summed E-state index contributed by atoms with van der Waals surface area (Å²) in [5.41, 5.74) is 0. The molecule has 0 aromatic rings. The van der Waals surface area contributed by atoms with Crippen LogP contribution in [-0.4, -0.2) is 0 Å². The van der Waals surface area contributed by atoms with Gasteiger partial charge in [-0.1, -0.05) is 18.1 Å². The number of unbranched alkanes of at least 4 members (excludes halogenated alkanes) is 2. The molecule has 48 valence electrons. The van der Waals surface area contributed by atoms with Crippen molar-refractivity contribution in [3.05, 3.63) is 24.8 Å². The SMILES string of the molecule is C#C/C=C/CCCC=C. The monoisotopic (exact) mass is 120 g/mol. The summed E-state index contributed by atoms with van der Waals surface area (Å²) < 4.78 is 0. The number of hydrogen-bond donors (Lipinski definition) is 0. The van der Waals surface area contributed by atoms with Gasteiger partial charge in [-0.15, -0.1) is 13.0 Å². The van der Waals surface area contributed by atoms with Gasteiger partial charge in [-0.25, -0.2) is 0 Å². The van der Waals surface area contributed by atoms with Crippen LogP contribution in [-0.2, 0) is 0 Å². The van der Waals surface area contributed by atoms with Gasteiger partial charge in [0.05, 0.1) is 0 Å². The second-order valence-electron chi connectivity index (χ2n) is 1.79. The largest absolute Gasteiger partial charge is 0.115 e. The highest BCUT2D eigenvalue weighted by molar-refractivity contribution is 5.08. The number of rotatable bonds is 4. The van der Waals surface area contributed by atoms with Gasteiger partial charge in [0, 0.05) is 0 Å². The predicted octanol–water partition coefficient (Wildman–Crippen LogP) is 2.53. The highest BCUT2D eigenvalue weighted by Gasteiger charge is 1.76. The fourth-order valence-corrected chi connectivity index (χ4v) is 0.531. The van der Waals surface area contributed by atoms with Crippen molar-refractivity contribution in [2.24, 2.45) is 0 Å². The quantitative estimate of drug-likeness (QED) is 0.304. The second kappa shape index (κ2) is 7.04. The van der Waals surface area contributed by atoms with E-state index in [1.165, 1.54) is 0 Å². The molecule has 0 nitrogen and oxygen atoms in total. The van der Waals surface area contributed by atoms with E-state index in [1.54, 1.807) is 6.08 Å². The first-order valence-corrected chi connectivity index (χ1v) is 3.14. The average molecular weight is 120 g/mol. The molecule has 0 N–H and O–H groups in total. The molecule has 0 fully saturated rings. The van der Waals surface area contributed by atoms with Crippen LogP contribution in [0.15, 0.2) is 24.8 Å². The molecular formula is C9H12. The zero-order valence-electron chi connectivity index (χ0n) is 5.64. The molecule has 0 radical (unpaired) electrons. The molecule has 0 amide bonds. The predicted molar refractivity (Wildman–Crippen MR) is 42.0 cm³/mol. The Morgan fingerprint density at radius 1 is 1.44 bits per heavy atom. The highest BCUT2D eigenvalue weighted by atomic mass is 13.8. The number of allylic oxidation sites excluding steroid dienone is 3. The molecule has 0 aliphatic heterocycles. The minimum Gasteiger partial charge on any atom is -0.115 e. The number of terminal acetylenes is 1. The molecular weight excluding hydrogens is 108 g/mol. The second-order valence-corrected chi connectivity index (χ2v) is 1.79. The van der Waals surface area contributed by atoms with Crippen molar-refractivity contribution in [3.63, 3.8) is 0 Å². The van der Waals surface area contributed by atoms with E-state index in [1.807, 2.05) is 12.2 Å². The molecule has 0 saturated carbocycles. The molecule has 0 atom stereocenters. The lowest BCUT2D eigenvalue weighted by molar-refractivity contribution is 0.870. The summed E-state index contributed by atoms with van der Waals surface area (Å²) in [6, 6.07) is 0. The molecule has 0 aromatic carbocycles. The summed E-state index contributed by atoms with van der Waals surface area (Å²) in [5.74, 6) is 2.44. The van der Waals surface area contributed by atoms with E-state index in [0.717, 1.165) is 19.3 Å². The van der Waals surface area contributed by atoms with Crippen molar-refractivity contribution in [1.29, 1.82) is 0 Å². The Labute approximate surface area is 57.3 Å². The summed E-state index contributed by atoms with van der Waals surface area (Å²) >= 11 is 0. The van der Waals surface area contributed by atoms with E-state index in [-0.39, 0.29) is 0 Å². The van der Waals surface area contributed by atoms with Crippen molar-refractivity contribution in [2.75, 3.05) is 0 Å². The lowest BCUT2D eigenvalue weighted by atomic mass is 10.2. The Bertz CT molecular complexity index is 123. The third-order valence-corrected chi connectivity index (χ3v) is 0.993. The molecule has 0 spiro atoms. The van der Waals surface area contributed by atoms with E-state index in [2.05, 4.69) is 12.5 Å². The van der Waals surface area contributed by atoms with Gasteiger partial charge in [0.15, 0.2) is 0 Å². The molecule has 9 heavy (non-hydrogen) atoms.